The van der Waals surface area contributed by atoms with Crippen LogP contribution >= 0.6 is 0 Å². The van der Waals surface area contributed by atoms with Crippen molar-refractivity contribution in [1.29, 1.82) is 0 Å². The number of aliphatic hydroxyl groups is 1. The normalized spacial score (nSPS) is 14.3. The first-order valence-electron chi connectivity index (χ1n) is 10.7. The highest BCUT2D eigenvalue weighted by Crippen LogP contribution is 2.33. The largest absolute Gasteiger partial charge is 0.422 e. The lowest BCUT2D eigenvalue weighted by atomic mass is 10.1. The maximum absolute atomic E-state index is 13.7. The van der Waals surface area contributed by atoms with E-state index in [0.29, 0.717) is 17.8 Å². The molecule has 1 aliphatic rings. The van der Waals surface area contributed by atoms with Crippen LogP contribution in [0.4, 0.5) is 22.0 Å². The van der Waals surface area contributed by atoms with Crippen LogP contribution in [0.3, 0.4) is 0 Å². The molecule has 3 heterocycles. The van der Waals surface area contributed by atoms with E-state index in [-0.39, 0.29) is 42.9 Å². The van der Waals surface area contributed by atoms with Crippen LogP contribution in [0.15, 0.2) is 41.6 Å². The van der Waals surface area contributed by atoms with Gasteiger partial charge in [0.25, 0.3) is 11.5 Å². The van der Waals surface area contributed by atoms with E-state index >= 15 is 0 Å². The van der Waals surface area contributed by atoms with E-state index < -0.39 is 35.4 Å². The predicted molar refractivity (Wildman–Crippen MR) is 117 cm³/mol. The summed E-state index contributed by atoms with van der Waals surface area (Å²) in [5.41, 5.74) is -1.46. The Kier molecular flexibility index (Phi) is 6.69. The fourth-order valence-electron chi connectivity index (χ4n) is 3.89. The number of aliphatic hydroxyl groups excluding tert-OH is 1. The van der Waals surface area contributed by atoms with Crippen LogP contribution in [0.1, 0.15) is 33.7 Å². The van der Waals surface area contributed by atoms with E-state index in [9.17, 15) is 36.6 Å². The van der Waals surface area contributed by atoms with E-state index in [0.717, 1.165) is 5.69 Å². The van der Waals surface area contributed by atoms with Crippen LogP contribution in [0.25, 0.3) is 5.69 Å². The Morgan fingerprint density at radius 1 is 1.14 bits per heavy atom. The van der Waals surface area contributed by atoms with E-state index in [1.807, 2.05) is 0 Å². The first kappa shape index (κ1) is 25.1. The van der Waals surface area contributed by atoms with Crippen LogP contribution in [0, 0.1) is 30.4 Å². The molecule has 1 aliphatic heterocycles. The standard InChI is InChI=1S/C24H19F5N4O3/c1-14-11-32(13-30-14)19-5-6-20-22(35)31(7-8-33(20)23(19)36)12-16(34)4-2-3-15-9-17(25)21(18(26)10-15)24(27,28)29/h5-6,9-11,13,16,34H,4,7-8,12H2,1H3/t16-/m1/s1. The highest BCUT2D eigenvalue weighted by atomic mass is 19.4. The number of amides is 1. The molecule has 36 heavy (non-hydrogen) atoms. The number of pyridine rings is 1. The van der Waals surface area contributed by atoms with E-state index in [1.54, 1.807) is 17.7 Å². The number of aromatic nitrogens is 3. The zero-order chi connectivity index (χ0) is 26.2. The molecule has 1 aromatic carbocycles. The van der Waals surface area contributed by atoms with E-state index in [2.05, 4.69) is 16.8 Å². The van der Waals surface area contributed by atoms with Crippen LogP contribution in [0.5, 0.6) is 0 Å². The van der Waals surface area contributed by atoms with Gasteiger partial charge < -0.3 is 19.1 Å². The Bertz CT molecular complexity index is 1430. The van der Waals surface area contributed by atoms with Gasteiger partial charge in [-0.15, -0.1) is 0 Å². The van der Waals surface area contributed by atoms with Crippen molar-refractivity contribution >= 4 is 5.91 Å². The highest BCUT2D eigenvalue weighted by Gasteiger charge is 2.37. The Labute approximate surface area is 201 Å². The highest BCUT2D eigenvalue weighted by molar-refractivity contribution is 5.93. The van der Waals surface area contributed by atoms with E-state index in [1.165, 1.54) is 27.9 Å². The van der Waals surface area contributed by atoms with Crippen molar-refractivity contribution in [2.24, 2.45) is 0 Å². The molecular formula is C24H19F5N4O3. The fraction of sp³-hybridized carbons (Fsp3) is 0.292. The van der Waals surface area contributed by atoms with Crippen LogP contribution < -0.4 is 5.56 Å². The van der Waals surface area contributed by atoms with Gasteiger partial charge in [0.15, 0.2) is 0 Å². The smallest absolute Gasteiger partial charge is 0.390 e. The summed E-state index contributed by atoms with van der Waals surface area (Å²) in [5.74, 6) is 0.737. The van der Waals surface area contributed by atoms with Crippen molar-refractivity contribution in [3.63, 3.8) is 0 Å². The maximum atomic E-state index is 13.7. The third-order valence-corrected chi connectivity index (χ3v) is 5.57. The number of alkyl halides is 3. The van der Waals surface area contributed by atoms with Crippen molar-refractivity contribution < 1.29 is 31.9 Å². The van der Waals surface area contributed by atoms with Gasteiger partial charge in [-0.2, -0.15) is 13.2 Å². The Morgan fingerprint density at radius 3 is 2.44 bits per heavy atom. The Balaban J connectivity index is 1.43. The molecule has 0 saturated carbocycles. The monoisotopic (exact) mass is 506 g/mol. The number of hydrogen-bond acceptors (Lipinski definition) is 4. The number of halogens is 5. The molecule has 0 bridgehead atoms. The molecule has 1 amide bonds. The average molecular weight is 506 g/mol. The van der Waals surface area contributed by atoms with Gasteiger partial charge in [0.1, 0.15) is 28.6 Å². The summed E-state index contributed by atoms with van der Waals surface area (Å²) >= 11 is 0. The molecule has 7 nitrogen and oxygen atoms in total. The molecule has 3 aromatic rings. The van der Waals surface area contributed by atoms with Crippen molar-refractivity contribution in [1.82, 2.24) is 19.0 Å². The molecular weight excluding hydrogens is 487 g/mol. The molecule has 0 aliphatic carbocycles. The molecule has 188 valence electrons. The van der Waals surface area contributed by atoms with Gasteiger partial charge in [-0.3, -0.25) is 9.59 Å². The zero-order valence-corrected chi connectivity index (χ0v) is 18.8. The summed E-state index contributed by atoms with van der Waals surface area (Å²) in [6.45, 7) is 2.01. The minimum absolute atomic E-state index is 0.125. The molecule has 2 aromatic heterocycles. The molecule has 1 atom stereocenters. The predicted octanol–water partition coefficient (Wildman–Crippen LogP) is 2.90. The van der Waals surface area contributed by atoms with Gasteiger partial charge in [-0.25, -0.2) is 13.8 Å². The summed E-state index contributed by atoms with van der Waals surface area (Å²) in [5, 5.41) is 10.3. The quantitative estimate of drug-likeness (QED) is 0.436. The number of rotatable bonds is 4. The van der Waals surface area contributed by atoms with Gasteiger partial charge in [0, 0.05) is 37.8 Å². The Morgan fingerprint density at radius 2 is 1.83 bits per heavy atom. The van der Waals surface area contributed by atoms with Gasteiger partial charge >= 0.3 is 6.18 Å². The number of imidazole rings is 1. The van der Waals surface area contributed by atoms with Crippen molar-refractivity contribution in [3.8, 4) is 17.5 Å². The second-order valence-corrected chi connectivity index (χ2v) is 8.21. The number of fused-ring (bicyclic) bond motifs is 1. The third-order valence-electron chi connectivity index (χ3n) is 5.57. The number of carbonyl (C=O) groups excluding carboxylic acids is 1. The summed E-state index contributed by atoms with van der Waals surface area (Å²) in [6, 6.07) is 3.96. The fourth-order valence-corrected chi connectivity index (χ4v) is 3.89. The minimum Gasteiger partial charge on any atom is -0.390 e. The van der Waals surface area contributed by atoms with Crippen LogP contribution in [0.2, 0.25) is 0 Å². The lowest BCUT2D eigenvalue weighted by Crippen LogP contribution is -2.47. The summed E-state index contributed by atoms with van der Waals surface area (Å²) < 4.78 is 68.2. The maximum Gasteiger partial charge on any atom is 0.422 e. The number of nitrogens with zero attached hydrogens (tertiary/aromatic N) is 4. The zero-order valence-electron chi connectivity index (χ0n) is 18.8. The Hall–Kier alpha value is -3.98. The van der Waals surface area contributed by atoms with Crippen molar-refractivity contribution in [2.75, 3.05) is 13.1 Å². The summed E-state index contributed by atoms with van der Waals surface area (Å²) in [7, 11) is 0. The topological polar surface area (TPSA) is 80.4 Å². The number of β-amino-alcohol motifs (C(OH)–C–C–N with tert-alkyl or cyclic N) is 1. The number of aryl methyl sites for hydroxylation is 1. The number of carbonyl (C=O) groups is 1. The summed E-state index contributed by atoms with van der Waals surface area (Å²) in [6.07, 6.45) is -3.34. The van der Waals surface area contributed by atoms with Gasteiger partial charge in [-0.05, 0) is 31.2 Å². The van der Waals surface area contributed by atoms with Crippen LogP contribution in [-0.4, -0.2) is 49.2 Å². The SMILES string of the molecule is Cc1cn(-c2ccc3n(c2=O)CCN(C[C@H](O)CC#Cc2cc(F)c(C(F)(F)F)c(F)c2)C3=O)cn1. The minimum atomic E-state index is -5.18. The number of hydrogen-bond donors (Lipinski definition) is 1. The molecule has 0 unspecified atom stereocenters. The molecule has 0 fully saturated rings. The molecule has 1 N–H and O–H groups in total. The first-order valence-corrected chi connectivity index (χ1v) is 10.7. The summed E-state index contributed by atoms with van der Waals surface area (Å²) in [4.78, 5) is 31.2. The molecule has 4 rings (SSSR count). The van der Waals surface area contributed by atoms with Gasteiger partial charge in [0.05, 0.1) is 18.1 Å². The number of benzene rings is 1. The second kappa shape index (κ2) is 9.58. The van der Waals surface area contributed by atoms with Gasteiger partial charge in [0.2, 0.25) is 0 Å². The lowest BCUT2D eigenvalue weighted by Gasteiger charge is -2.31. The van der Waals surface area contributed by atoms with Crippen molar-refractivity contribution in [2.45, 2.75) is 32.2 Å². The van der Waals surface area contributed by atoms with Crippen LogP contribution in [-0.2, 0) is 12.7 Å². The van der Waals surface area contributed by atoms with Crippen molar-refractivity contribution in [3.05, 3.63) is 81.3 Å². The second-order valence-electron chi connectivity index (χ2n) is 8.21. The van der Waals surface area contributed by atoms with E-state index in [4.69, 9.17) is 0 Å². The average Bonchev–Trinajstić information content (AvgIpc) is 3.20. The molecule has 0 radical (unpaired) electrons. The molecule has 0 spiro atoms. The molecule has 12 heteroatoms. The third kappa shape index (κ3) is 5.01. The molecule has 0 saturated heterocycles. The lowest BCUT2D eigenvalue weighted by molar-refractivity contribution is -0.142. The first-order chi connectivity index (χ1) is 17.0. The van der Waals surface area contributed by atoms with Gasteiger partial charge in [-0.1, -0.05) is 11.8 Å².